The van der Waals surface area contributed by atoms with E-state index in [0.717, 1.165) is 12.0 Å². The maximum Gasteiger partial charge on any atom is 0.242 e. The fraction of sp³-hybridized carbons (Fsp3) is 0.520. The number of benzene rings is 1. The van der Waals surface area contributed by atoms with Gasteiger partial charge in [-0.05, 0) is 47.9 Å². The topological polar surface area (TPSA) is 59.1 Å². The van der Waals surface area contributed by atoms with E-state index in [9.17, 15) is 14.0 Å². The summed E-state index contributed by atoms with van der Waals surface area (Å²) in [6.07, 6.45) is 1.83. The standard InChI is InChI=1S/C25H33FN2O4S/c1-18(2)15-24(29)27(11-6-13-31-3)16-25(30)28-12-9-23-19(10-14-33-23)21(28)17-32-22-8-5-4-7-20(22)26/h4-5,7-8,10,14,18,21H,6,9,11-13,15-17H2,1-3H3/t21-/m0/s1. The van der Waals surface area contributed by atoms with Crippen LogP contribution in [-0.2, 0) is 20.7 Å². The van der Waals surface area contributed by atoms with Gasteiger partial charge in [-0.25, -0.2) is 4.39 Å². The smallest absolute Gasteiger partial charge is 0.242 e. The van der Waals surface area contributed by atoms with Crippen LogP contribution in [0.15, 0.2) is 35.7 Å². The molecule has 8 heteroatoms. The second kappa shape index (κ2) is 12.1. The molecule has 3 rings (SSSR count). The third kappa shape index (κ3) is 6.77. The first-order chi connectivity index (χ1) is 15.9. The Hall–Kier alpha value is -2.45. The van der Waals surface area contributed by atoms with Gasteiger partial charge in [0.05, 0.1) is 12.6 Å². The molecular weight excluding hydrogens is 443 g/mol. The van der Waals surface area contributed by atoms with E-state index in [1.807, 2.05) is 25.3 Å². The number of carbonyl (C=O) groups is 2. The van der Waals surface area contributed by atoms with Crippen LogP contribution in [0.2, 0.25) is 0 Å². The number of fused-ring (bicyclic) bond motifs is 1. The quantitative estimate of drug-likeness (QED) is 0.454. The Morgan fingerprint density at radius 3 is 2.79 bits per heavy atom. The summed E-state index contributed by atoms with van der Waals surface area (Å²) >= 11 is 1.66. The molecule has 0 bridgehead atoms. The molecule has 2 heterocycles. The van der Waals surface area contributed by atoms with E-state index in [1.54, 1.807) is 46.4 Å². The molecule has 33 heavy (non-hydrogen) atoms. The van der Waals surface area contributed by atoms with Crippen molar-refractivity contribution in [3.05, 3.63) is 52.0 Å². The molecule has 180 valence electrons. The first-order valence-electron chi connectivity index (χ1n) is 11.4. The maximum atomic E-state index is 14.1. The summed E-state index contributed by atoms with van der Waals surface area (Å²) in [4.78, 5) is 30.9. The van der Waals surface area contributed by atoms with Crippen LogP contribution < -0.4 is 4.74 Å². The van der Waals surface area contributed by atoms with E-state index in [4.69, 9.17) is 9.47 Å². The normalized spacial score (nSPS) is 15.4. The van der Waals surface area contributed by atoms with Gasteiger partial charge in [0.15, 0.2) is 11.6 Å². The molecule has 6 nitrogen and oxygen atoms in total. The summed E-state index contributed by atoms with van der Waals surface area (Å²) in [5.41, 5.74) is 1.04. The highest BCUT2D eigenvalue weighted by Crippen LogP contribution is 2.34. The second-order valence-electron chi connectivity index (χ2n) is 8.65. The van der Waals surface area contributed by atoms with Gasteiger partial charge >= 0.3 is 0 Å². The number of rotatable bonds is 11. The molecule has 0 spiro atoms. The number of amides is 2. The first kappa shape index (κ1) is 25.2. The molecule has 1 aliphatic heterocycles. The minimum absolute atomic E-state index is 0.0188. The van der Waals surface area contributed by atoms with E-state index in [1.165, 1.54) is 10.9 Å². The van der Waals surface area contributed by atoms with E-state index in [0.29, 0.717) is 32.5 Å². The molecule has 0 N–H and O–H groups in total. The van der Waals surface area contributed by atoms with Gasteiger partial charge < -0.3 is 19.3 Å². The summed E-state index contributed by atoms with van der Waals surface area (Å²) in [6.45, 7) is 5.70. The van der Waals surface area contributed by atoms with Crippen molar-refractivity contribution in [1.29, 1.82) is 0 Å². The van der Waals surface area contributed by atoms with Crippen molar-refractivity contribution in [3.63, 3.8) is 0 Å². The van der Waals surface area contributed by atoms with Crippen LogP contribution in [0.3, 0.4) is 0 Å². The lowest BCUT2D eigenvalue weighted by Crippen LogP contribution is -2.48. The molecule has 0 radical (unpaired) electrons. The first-order valence-corrected chi connectivity index (χ1v) is 12.3. The Morgan fingerprint density at radius 2 is 2.06 bits per heavy atom. The number of halogens is 1. The fourth-order valence-electron chi connectivity index (χ4n) is 4.03. The highest BCUT2D eigenvalue weighted by molar-refractivity contribution is 7.10. The average Bonchev–Trinajstić information content (AvgIpc) is 3.26. The number of methoxy groups -OCH3 is 1. The van der Waals surface area contributed by atoms with E-state index in [-0.39, 0.29) is 42.7 Å². The molecule has 2 amide bonds. The summed E-state index contributed by atoms with van der Waals surface area (Å²) in [5, 5.41) is 2.01. The molecule has 0 unspecified atom stereocenters. The number of thiophene rings is 1. The number of hydrogen-bond donors (Lipinski definition) is 0. The average molecular weight is 477 g/mol. The highest BCUT2D eigenvalue weighted by atomic mass is 32.1. The molecule has 2 aromatic rings. The zero-order valence-corrected chi connectivity index (χ0v) is 20.4. The van der Waals surface area contributed by atoms with Crippen LogP contribution in [0.25, 0.3) is 0 Å². The Kier molecular flexibility index (Phi) is 9.26. The van der Waals surface area contributed by atoms with Crippen LogP contribution in [0.5, 0.6) is 5.75 Å². The minimum atomic E-state index is -0.430. The predicted molar refractivity (Wildman–Crippen MR) is 127 cm³/mol. The number of ether oxygens (including phenoxy) is 2. The Bertz CT molecular complexity index is 933. The van der Waals surface area contributed by atoms with Crippen molar-refractivity contribution in [1.82, 2.24) is 9.80 Å². The van der Waals surface area contributed by atoms with Crippen molar-refractivity contribution in [2.75, 3.05) is 40.0 Å². The predicted octanol–water partition coefficient (Wildman–Crippen LogP) is 4.30. The van der Waals surface area contributed by atoms with Crippen LogP contribution in [0.1, 0.15) is 43.2 Å². The molecule has 1 aromatic carbocycles. The number of nitrogens with zero attached hydrogens (tertiary/aromatic N) is 2. The second-order valence-corrected chi connectivity index (χ2v) is 9.65. The van der Waals surface area contributed by atoms with Gasteiger partial charge in [-0.15, -0.1) is 11.3 Å². The van der Waals surface area contributed by atoms with Crippen molar-refractivity contribution in [2.45, 2.75) is 39.2 Å². The van der Waals surface area contributed by atoms with E-state index in [2.05, 4.69) is 0 Å². The van der Waals surface area contributed by atoms with Gasteiger partial charge in [-0.3, -0.25) is 9.59 Å². The van der Waals surface area contributed by atoms with Gasteiger partial charge in [-0.2, -0.15) is 0 Å². The fourth-order valence-corrected chi connectivity index (χ4v) is 4.96. The summed E-state index contributed by atoms with van der Waals surface area (Å²) in [7, 11) is 1.62. The molecule has 0 saturated heterocycles. The SMILES string of the molecule is COCCCN(CC(=O)N1CCc2sccc2[C@@H]1COc1ccccc1F)C(=O)CC(C)C. The van der Waals surface area contributed by atoms with Crippen LogP contribution in [0.4, 0.5) is 4.39 Å². The third-order valence-corrected chi connectivity index (χ3v) is 6.68. The van der Waals surface area contributed by atoms with Gasteiger partial charge in [0.25, 0.3) is 0 Å². The maximum absolute atomic E-state index is 14.1. The zero-order chi connectivity index (χ0) is 23.8. The van der Waals surface area contributed by atoms with Crippen LogP contribution >= 0.6 is 11.3 Å². The molecule has 0 saturated carbocycles. The van der Waals surface area contributed by atoms with Gasteiger partial charge in [-0.1, -0.05) is 26.0 Å². The van der Waals surface area contributed by atoms with Crippen molar-refractivity contribution in [3.8, 4) is 5.75 Å². The largest absolute Gasteiger partial charge is 0.488 e. The molecular formula is C25H33FN2O4S. The monoisotopic (exact) mass is 476 g/mol. The zero-order valence-electron chi connectivity index (χ0n) is 19.6. The van der Waals surface area contributed by atoms with Crippen molar-refractivity contribution < 1.29 is 23.5 Å². The van der Waals surface area contributed by atoms with Gasteiger partial charge in [0, 0.05) is 38.1 Å². The van der Waals surface area contributed by atoms with Gasteiger partial charge in [0.1, 0.15) is 6.61 Å². The minimum Gasteiger partial charge on any atom is -0.488 e. The lowest BCUT2D eigenvalue weighted by molar-refractivity contribution is -0.143. The highest BCUT2D eigenvalue weighted by Gasteiger charge is 2.33. The van der Waals surface area contributed by atoms with Crippen molar-refractivity contribution >= 4 is 23.2 Å². The summed E-state index contributed by atoms with van der Waals surface area (Å²) < 4.78 is 25.0. The molecule has 0 aliphatic carbocycles. The Morgan fingerprint density at radius 1 is 1.27 bits per heavy atom. The lowest BCUT2D eigenvalue weighted by atomic mass is 10.00. The number of para-hydroxylation sites is 1. The molecule has 0 fully saturated rings. The molecule has 1 aromatic heterocycles. The van der Waals surface area contributed by atoms with E-state index < -0.39 is 5.82 Å². The Balaban J connectivity index is 1.75. The van der Waals surface area contributed by atoms with Crippen molar-refractivity contribution in [2.24, 2.45) is 5.92 Å². The third-order valence-electron chi connectivity index (χ3n) is 5.69. The Labute approximate surface area is 199 Å². The molecule has 1 atom stereocenters. The molecule has 1 aliphatic rings. The summed E-state index contributed by atoms with van der Waals surface area (Å²) in [5.74, 6) is -0.200. The van der Waals surface area contributed by atoms with Crippen LogP contribution in [0, 0.1) is 11.7 Å². The van der Waals surface area contributed by atoms with E-state index >= 15 is 0 Å². The van der Waals surface area contributed by atoms with Gasteiger partial charge in [0.2, 0.25) is 11.8 Å². The number of carbonyl (C=O) groups excluding carboxylic acids is 2. The lowest BCUT2D eigenvalue weighted by Gasteiger charge is -2.37. The van der Waals surface area contributed by atoms with Crippen LogP contribution in [-0.4, -0.2) is 61.6 Å². The number of hydrogen-bond acceptors (Lipinski definition) is 5. The summed E-state index contributed by atoms with van der Waals surface area (Å²) in [6, 6.07) is 7.95.